The zero-order valence-corrected chi connectivity index (χ0v) is 15.0. The van der Waals surface area contributed by atoms with Gasteiger partial charge in [0.2, 0.25) is 0 Å². The van der Waals surface area contributed by atoms with Gasteiger partial charge in [0.25, 0.3) is 0 Å². The summed E-state index contributed by atoms with van der Waals surface area (Å²) in [7, 11) is 0. The van der Waals surface area contributed by atoms with E-state index < -0.39 is 5.60 Å². The van der Waals surface area contributed by atoms with Crippen molar-refractivity contribution < 1.29 is 9.50 Å². The number of hydrogen-bond acceptors (Lipinski definition) is 5. The van der Waals surface area contributed by atoms with Crippen LogP contribution in [0.4, 0.5) is 4.39 Å². The minimum Gasteiger partial charge on any atom is -0.385 e. The number of halogens is 1. The maximum atomic E-state index is 14.2. The second-order valence-corrected chi connectivity index (χ2v) is 7.83. The van der Waals surface area contributed by atoms with Crippen molar-refractivity contribution in [3.63, 3.8) is 0 Å². The van der Waals surface area contributed by atoms with Crippen molar-refractivity contribution in [1.82, 2.24) is 14.9 Å². The van der Waals surface area contributed by atoms with Crippen LogP contribution >= 0.6 is 11.8 Å². The molecule has 132 valence electrons. The van der Waals surface area contributed by atoms with Crippen molar-refractivity contribution in [2.24, 2.45) is 0 Å². The Hall–Kier alpha value is -1.50. The fraction of sp³-hybridized carbons (Fsp3) is 0.474. The van der Waals surface area contributed by atoms with Gasteiger partial charge in [-0.25, -0.2) is 14.4 Å². The average molecular weight is 359 g/mol. The molecular weight excluding hydrogens is 337 g/mol. The molecule has 4 nitrogen and oxygen atoms in total. The molecule has 2 aromatic rings. The molecule has 0 spiro atoms. The molecule has 2 atom stereocenters. The van der Waals surface area contributed by atoms with Crippen LogP contribution in [0.25, 0.3) is 0 Å². The molecule has 2 aliphatic heterocycles. The van der Waals surface area contributed by atoms with Gasteiger partial charge in [-0.15, -0.1) is 0 Å². The van der Waals surface area contributed by atoms with Gasteiger partial charge in [0.05, 0.1) is 5.60 Å². The quantitative estimate of drug-likeness (QED) is 0.670. The van der Waals surface area contributed by atoms with E-state index >= 15 is 0 Å². The third-order valence-electron chi connectivity index (χ3n) is 5.52. The van der Waals surface area contributed by atoms with Gasteiger partial charge in [-0.3, -0.25) is 4.90 Å². The number of rotatable bonds is 4. The molecule has 4 rings (SSSR count). The Kier molecular flexibility index (Phi) is 4.52. The summed E-state index contributed by atoms with van der Waals surface area (Å²) in [6, 6.07) is 7.16. The first-order valence-electron chi connectivity index (χ1n) is 8.67. The lowest BCUT2D eigenvalue weighted by atomic mass is 9.80. The van der Waals surface area contributed by atoms with Crippen LogP contribution in [0.5, 0.6) is 0 Å². The van der Waals surface area contributed by atoms with Gasteiger partial charge in [-0.2, -0.15) is 0 Å². The zero-order chi connectivity index (χ0) is 17.4. The molecule has 2 aliphatic rings. The van der Waals surface area contributed by atoms with Crippen molar-refractivity contribution in [1.29, 1.82) is 0 Å². The minimum atomic E-state index is -1.06. The first-order valence-corrected chi connectivity index (χ1v) is 9.89. The van der Waals surface area contributed by atoms with Crippen molar-refractivity contribution in [2.75, 3.05) is 6.26 Å². The number of nitrogens with zero attached hydrogens (tertiary/aromatic N) is 3. The van der Waals surface area contributed by atoms with E-state index in [0.29, 0.717) is 18.4 Å². The lowest BCUT2D eigenvalue weighted by molar-refractivity contribution is -0.0616. The Bertz CT molecular complexity index is 741. The molecule has 0 radical (unpaired) electrons. The summed E-state index contributed by atoms with van der Waals surface area (Å²) < 4.78 is 14.2. The van der Waals surface area contributed by atoms with E-state index in [2.05, 4.69) is 14.9 Å². The molecule has 1 aromatic carbocycles. The van der Waals surface area contributed by atoms with E-state index in [1.54, 1.807) is 18.2 Å². The first kappa shape index (κ1) is 16.9. The van der Waals surface area contributed by atoms with Crippen molar-refractivity contribution >= 4 is 11.8 Å². The molecule has 0 amide bonds. The van der Waals surface area contributed by atoms with E-state index in [1.807, 2.05) is 18.6 Å². The Morgan fingerprint density at radius 2 is 1.84 bits per heavy atom. The molecule has 3 heterocycles. The highest BCUT2D eigenvalue weighted by Crippen LogP contribution is 2.46. The molecule has 0 unspecified atom stereocenters. The average Bonchev–Trinajstić information content (AvgIpc) is 2.86. The molecular formula is C19H22FN3OS. The maximum Gasteiger partial charge on any atom is 0.187 e. The maximum absolute atomic E-state index is 14.2. The highest BCUT2D eigenvalue weighted by atomic mass is 32.2. The largest absolute Gasteiger partial charge is 0.385 e. The van der Waals surface area contributed by atoms with Gasteiger partial charge >= 0.3 is 0 Å². The Balaban J connectivity index is 1.53. The zero-order valence-electron chi connectivity index (χ0n) is 14.2. The molecule has 1 aromatic heterocycles. The van der Waals surface area contributed by atoms with Gasteiger partial charge < -0.3 is 5.11 Å². The van der Waals surface area contributed by atoms with Crippen molar-refractivity contribution in [3.05, 3.63) is 53.6 Å². The number of hydrogen-bond donors (Lipinski definition) is 1. The highest BCUT2D eigenvalue weighted by molar-refractivity contribution is 7.98. The lowest BCUT2D eigenvalue weighted by Crippen LogP contribution is -2.49. The summed E-state index contributed by atoms with van der Waals surface area (Å²) in [5.41, 5.74) is 0.470. The standard InChI is InChI=1S/C19H22FN3OS/c1-25-18-21-10-13(11-22-18)12-23-14-6-7-15(23)9-19(24,8-14)16-4-2-3-5-17(16)20/h2-5,10-11,14-15,24H,6-9,12H2,1H3/t14-,15-/m1/s1. The molecule has 0 aliphatic carbocycles. The predicted molar refractivity (Wildman–Crippen MR) is 95.7 cm³/mol. The predicted octanol–water partition coefficient (Wildman–Crippen LogP) is 3.35. The van der Waals surface area contributed by atoms with Crippen LogP contribution in [0.15, 0.2) is 41.8 Å². The normalized spacial score (nSPS) is 29.1. The molecule has 2 fully saturated rings. The first-order chi connectivity index (χ1) is 12.1. The summed E-state index contributed by atoms with van der Waals surface area (Å²) in [5.74, 6) is -0.307. The van der Waals surface area contributed by atoms with E-state index in [4.69, 9.17) is 0 Å². The smallest absolute Gasteiger partial charge is 0.187 e. The van der Waals surface area contributed by atoms with E-state index in [-0.39, 0.29) is 17.9 Å². The SMILES string of the molecule is CSc1ncc(CN2[C@@H]3CC[C@@H]2CC(O)(c2ccccc2F)C3)cn1. The molecule has 0 saturated carbocycles. The number of piperidine rings is 1. The number of aliphatic hydroxyl groups is 1. The van der Waals surface area contributed by atoms with Gasteiger partial charge in [-0.1, -0.05) is 30.0 Å². The van der Waals surface area contributed by atoms with Crippen LogP contribution in [0.1, 0.15) is 36.8 Å². The summed E-state index contributed by atoms with van der Waals surface area (Å²) in [6.07, 6.45) is 8.98. The number of thioether (sulfide) groups is 1. The van der Waals surface area contributed by atoms with Gasteiger partial charge in [0, 0.05) is 42.1 Å². The number of aromatic nitrogens is 2. The summed E-state index contributed by atoms with van der Waals surface area (Å²) in [6.45, 7) is 0.789. The minimum absolute atomic E-state index is 0.267. The second-order valence-electron chi connectivity index (χ2n) is 7.06. The second kappa shape index (κ2) is 6.67. The summed E-state index contributed by atoms with van der Waals surface area (Å²) >= 11 is 1.53. The van der Waals surface area contributed by atoms with E-state index in [1.165, 1.54) is 17.8 Å². The lowest BCUT2D eigenvalue weighted by Gasteiger charge is -2.44. The van der Waals surface area contributed by atoms with Crippen LogP contribution in [0.2, 0.25) is 0 Å². The van der Waals surface area contributed by atoms with Gasteiger partial charge in [0.1, 0.15) is 5.82 Å². The monoisotopic (exact) mass is 359 g/mol. The third kappa shape index (κ3) is 3.18. The van der Waals surface area contributed by atoms with Crippen LogP contribution < -0.4 is 0 Å². The Morgan fingerprint density at radius 1 is 1.20 bits per heavy atom. The fourth-order valence-electron chi connectivity index (χ4n) is 4.37. The molecule has 25 heavy (non-hydrogen) atoms. The Labute approximate surface area is 151 Å². The summed E-state index contributed by atoms with van der Waals surface area (Å²) in [4.78, 5) is 11.1. The molecule has 6 heteroatoms. The van der Waals surface area contributed by atoms with E-state index in [9.17, 15) is 9.50 Å². The summed E-state index contributed by atoms with van der Waals surface area (Å²) in [5, 5.41) is 11.9. The van der Waals surface area contributed by atoms with Crippen molar-refractivity contribution in [2.45, 2.75) is 55.1 Å². The molecule has 2 saturated heterocycles. The van der Waals surface area contributed by atoms with Crippen molar-refractivity contribution in [3.8, 4) is 0 Å². The van der Waals surface area contributed by atoms with E-state index in [0.717, 1.165) is 30.1 Å². The molecule has 1 N–H and O–H groups in total. The van der Waals surface area contributed by atoms with Gasteiger partial charge in [0.15, 0.2) is 5.16 Å². The fourth-order valence-corrected chi connectivity index (χ4v) is 4.69. The van der Waals surface area contributed by atoms with Crippen LogP contribution in [0.3, 0.4) is 0 Å². The Morgan fingerprint density at radius 3 is 2.44 bits per heavy atom. The van der Waals surface area contributed by atoms with Crippen LogP contribution in [-0.2, 0) is 12.1 Å². The molecule has 2 bridgehead atoms. The van der Waals surface area contributed by atoms with Gasteiger partial charge in [-0.05, 0) is 38.0 Å². The van der Waals surface area contributed by atoms with Crippen LogP contribution in [-0.4, -0.2) is 38.3 Å². The number of benzene rings is 1. The number of fused-ring (bicyclic) bond motifs is 2. The van der Waals surface area contributed by atoms with Crippen LogP contribution in [0, 0.1) is 5.82 Å². The topological polar surface area (TPSA) is 49.2 Å². The third-order valence-corrected chi connectivity index (χ3v) is 6.10. The highest BCUT2D eigenvalue weighted by Gasteiger charge is 2.48.